The van der Waals surface area contributed by atoms with E-state index in [0.29, 0.717) is 6.54 Å². The highest BCUT2D eigenvalue weighted by Crippen LogP contribution is 2.19. The van der Waals surface area contributed by atoms with E-state index in [1.165, 1.54) is 0 Å². The van der Waals surface area contributed by atoms with Crippen LogP contribution in [-0.4, -0.2) is 12.1 Å². The lowest BCUT2D eigenvalue weighted by Crippen LogP contribution is -2.39. The van der Waals surface area contributed by atoms with Crippen LogP contribution >= 0.6 is 27.3 Å². The summed E-state index contributed by atoms with van der Waals surface area (Å²) < 4.78 is 1.06. The molecule has 0 saturated heterocycles. The second-order valence-corrected chi connectivity index (χ2v) is 5.28. The molecule has 0 spiro atoms. The van der Waals surface area contributed by atoms with Crippen LogP contribution in [0.5, 0.6) is 0 Å². The van der Waals surface area contributed by atoms with Gasteiger partial charge in [-0.2, -0.15) is 0 Å². The van der Waals surface area contributed by atoms with Crippen LogP contribution in [0.4, 0.5) is 4.79 Å². The number of hydrogen-bond acceptors (Lipinski definition) is 2. The van der Waals surface area contributed by atoms with E-state index in [4.69, 9.17) is 0 Å². The van der Waals surface area contributed by atoms with Crippen molar-refractivity contribution in [2.45, 2.75) is 32.9 Å². The van der Waals surface area contributed by atoms with Crippen LogP contribution in [-0.2, 0) is 6.54 Å². The lowest BCUT2D eigenvalue weighted by atomic mass is 10.3. The van der Waals surface area contributed by atoms with E-state index in [-0.39, 0.29) is 12.1 Å². The van der Waals surface area contributed by atoms with E-state index in [0.717, 1.165) is 15.8 Å². The predicted molar refractivity (Wildman–Crippen MR) is 67.1 cm³/mol. The molecule has 1 unspecified atom stereocenters. The summed E-state index contributed by atoms with van der Waals surface area (Å²) in [5.41, 5.74) is 0. The summed E-state index contributed by atoms with van der Waals surface area (Å²) in [7, 11) is 0. The molecule has 1 rings (SSSR count). The normalized spacial score (nSPS) is 12.2. The Hall–Kier alpha value is -0.550. The van der Waals surface area contributed by atoms with Crippen LogP contribution in [0.2, 0.25) is 0 Å². The zero-order chi connectivity index (χ0) is 11.3. The number of rotatable bonds is 4. The van der Waals surface area contributed by atoms with E-state index in [1.807, 2.05) is 25.3 Å². The van der Waals surface area contributed by atoms with Gasteiger partial charge in [-0.05, 0) is 35.3 Å². The monoisotopic (exact) mass is 290 g/mol. The largest absolute Gasteiger partial charge is 0.336 e. The molecule has 0 fully saturated rings. The average molecular weight is 291 g/mol. The first-order valence-corrected chi connectivity index (χ1v) is 6.56. The molecule has 0 aromatic carbocycles. The standard InChI is InChI=1S/C10H15BrN2OS/c1-3-7(2)13-10(14)12-5-9-4-8(11)6-15-9/h4,6-7H,3,5H2,1-2H3,(H2,12,13,14). The fourth-order valence-electron chi connectivity index (χ4n) is 0.991. The molecule has 1 aromatic rings. The summed E-state index contributed by atoms with van der Waals surface area (Å²) in [6.07, 6.45) is 0.942. The van der Waals surface area contributed by atoms with Gasteiger partial charge in [-0.15, -0.1) is 11.3 Å². The van der Waals surface area contributed by atoms with Crippen molar-refractivity contribution in [3.05, 3.63) is 20.8 Å². The molecule has 3 nitrogen and oxygen atoms in total. The van der Waals surface area contributed by atoms with E-state index in [2.05, 4.69) is 26.6 Å². The summed E-state index contributed by atoms with van der Waals surface area (Å²) in [5, 5.41) is 7.67. The van der Waals surface area contributed by atoms with Gasteiger partial charge in [-0.3, -0.25) is 0 Å². The van der Waals surface area contributed by atoms with Crippen LogP contribution in [0.15, 0.2) is 15.9 Å². The van der Waals surface area contributed by atoms with Gasteiger partial charge in [0.1, 0.15) is 0 Å². The second kappa shape index (κ2) is 6.12. The number of carbonyl (C=O) groups excluding carboxylic acids is 1. The first-order chi connectivity index (χ1) is 7.11. The summed E-state index contributed by atoms with van der Waals surface area (Å²) in [6, 6.07) is 2.13. The summed E-state index contributed by atoms with van der Waals surface area (Å²) in [5.74, 6) is 0. The summed E-state index contributed by atoms with van der Waals surface area (Å²) in [4.78, 5) is 12.5. The molecule has 1 heterocycles. The molecule has 0 aliphatic carbocycles. The van der Waals surface area contributed by atoms with Crippen LogP contribution in [0.3, 0.4) is 0 Å². The van der Waals surface area contributed by atoms with Gasteiger partial charge in [0.25, 0.3) is 0 Å². The van der Waals surface area contributed by atoms with Crippen LogP contribution in [0.25, 0.3) is 0 Å². The molecule has 2 amide bonds. The van der Waals surface area contributed by atoms with Crippen molar-refractivity contribution in [1.82, 2.24) is 10.6 Å². The lowest BCUT2D eigenvalue weighted by molar-refractivity contribution is 0.237. The van der Waals surface area contributed by atoms with Gasteiger partial charge in [0, 0.05) is 20.8 Å². The second-order valence-electron chi connectivity index (χ2n) is 3.37. The van der Waals surface area contributed by atoms with Crippen molar-refractivity contribution in [3.63, 3.8) is 0 Å². The first-order valence-electron chi connectivity index (χ1n) is 4.89. The summed E-state index contributed by atoms with van der Waals surface area (Å²) in [6.45, 7) is 4.61. The highest BCUT2D eigenvalue weighted by molar-refractivity contribution is 9.10. The van der Waals surface area contributed by atoms with Crippen molar-refractivity contribution in [2.75, 3.05) is 0 Å². The summed E-state index contributed by atoms with van der Waals surface area (Å²) >= 11 is 5.00. The number of hydrogen-bond donors (Lipinski definition) is 2. The van der Waals surface area contributed by atoms with Gasteiger partial charge >= 0.3 is 6.03 Å². The Labute approximate surface area is 102 Å². The third-order valence-corrected chi connectivity index (χ3v) is 3.73. The smallest absolute Gasteiger partial charge is 0.315 e. The molecular formula is C10H15BrN2OS. The number of nitrogens with one attached hydrogen (secondary N) is 2. The number of urea groups is 1. The molecule has 2 N–H and O–H groups in total. The number of thiophene rings is 1. The highest BCUT2D eigenvalue weighted by Gasteiger charge is 2.05. The van der Waals surface area contributed by atoms with Gasteiger partial charge in [-0.25, -0.2) is 4.79 Å². The maximum atomic E-state index is 11.4. The Morgan fingerprint density at radius 1 is 1.67 bits per heavy atom. The molecule has 0 bridgehead atoms. The molecule has 15 heavy (non-hydrogen) atoms. The molecule has 1 atom stereocenters. The van der Waals surface area contributed by atoms with E-state index in [9.17, 15) is 4.79 Å². The lowest BCUT2D eigenvalue weighted by Gasteiger charge is -2.11. The Balaban J connectivity index is 2.28. The molecule has 0 saturated carbocycles. The SMILES string of the molecule is CCC(C)NC(=O)NCc1cc(Br)cs1. The maximum Gasteiger partial charge on any atom is 0.315 e. The Bertz CT molecular complexity index is 327. The van der Waals surface area contributed by atoms with Crippen LogP contribution in [0.1, 0.15) is 25.1 Å². The van der Waals surface area contributed by atoms with E-state index < -0.39 is 0 Å². The van der Waals surface area contributed by atoms with Crippen LogP contribution in [0, 0.1) is 0 Å². The number of halogens is 1. The van der Waals surface area contributed by atoms with E-state index in [1.54, 1.807) is 11.3 Å². The minimum absolute atomic E-state index is 0.103. The van der Waals surface area contributed by atoms with Crippen molar-refractivity contribution < 1.29 is 4.79 Å². The van der Waals surface area contributed by atoms with Crippen LogP contribution < -0.4 is 10.6 Å². The minimum Gasteiger partial charge on any atom is -0.336 e. The molecule has 0 radical (unpaired) electrons. The van der Waals surface area contributed by atoms with Gasteiger partial charge in [-0.1, -0.05) is 6.92 Å². The maximum absolute atomic E-state index is 11.4. The third-order valence-electron chi connectivity index (χ3n) is 2.03. The Morgan fingerprint density at radius 3 is 2.93 bits per heavy atom. The van der Waals surface area contributed by atoms with Crippen molar-refractivity contribution in [2.24, 2.45) is 0 Å². The first kappa shape index (κ1) is 12.5. The van der Waals surface area contributed by atoms with Gasteiger partial charge < -0.3 is 10.6 Å². The molecule has 1 aromatic heterocycles. The van der Waals surface area contributed by atoms with Gasteiger partial charge in [0.15, 0.2) is 0 Å². The zero-order valence-corrected chi connectivity index (χ0v) is 11.2. The van der Waals surface area contributed by atoms with Crippen molar-refractivity contribution >= 4 is 33.3 Å². The molecular weight excluding hydrogens is 276 g/mol. The molecule has 0 aliphatic heterocycles. The molecule has 5 heteroatoms. The Morgan fingerprint density at radius 2 is 2.40 bits per heavy atom. The van der Waals surface area contributed by atoms with Crippen molar-refractivity contribution in [3.8, 4) is 0 Å². The minimum atomic E-state index is -0.103. The van der Waals surface area contributed by atoms with Gasteiger partial charge in [0.05, 0.1) is 6.54 Å². The van der Waals surface area contributed by atoms with Gasteiger partial charge in [0.2, 0.25) is 0 Å². The van der Waals surface area contributed by atoms with E-state index >= 15 is 0 Å². The third kappa shape index (κ3) is 4.66. The predicted octanol–water partition coefficient (Wildman–Crippen LogP) is 3.11. The quantitative estimate of drug-likeness (QED) is 0.879. The number of carbonyl (C=O) groups is 1. The number of amides is 2. The average Bonchev–Trinajstić information content (AvgIpc) is 2.61. The Kier molecular flexibility index (Phi) is 5.11. The fraction of sp³-hybridized carbons (Fsp3) is 0.500. The molecule has 84 valence electrons. The zero-order valence-electron chi connectivity index (χ0n) is 8.84. The highest BCUT2D eigenvalue weighted by atomic mass is 79.9. The topological polar surface area (TPSA) is 41.1 Å². The molecule has 0 aliphatic rings. The fourth-order valence-corrected chi connectivity index (χ4v) is 2.38. The van der Waals surface area contributed by atoms with Crippen molar-refractivity contribution in [1.29, 1.82) is 0 Å².